The molecule has 0 aliphatic carbocycles. The molecule has 1 aromatic rings. The number of alkyl halides is 2. The fourth-order valence-electron chi connectivity index (χ4n) is 1.08. The first-order valence-corrected chi connectivity index (χ1v) is 4.48. The summed E-state index contributed by atoms with van der Waals surface area (Å²) in [5.41, 5.74) is 0.630. The van der Waals surface area contributed by atoms with Crippen molar-refractivity contribution in [3.8, 4) is 5.75 Å². The Morgan fingerprint density at radius 1 is 1.43 bits per heavy atom. The summed E-state index contributed by atoms with van der Waals surface area (Å²) in [7, 11) is 0. The Kier molecular flexibility index (Phi) is 3.63. The molecule has 0 atom stereocenters. The maximum Gasteiger partial charge on any atom is 0.387 e. The van der Waals surface area contributed by atoms with Crippen LogP contribution in [0.15, 0.2) is 12.3 Å². The molecule has 0 aliphatic rings. The predicted octanol–water partition coefficient (Wildman–Crippen LogP) is 3.46. The zero-order valence-electron chi connectivity index (χ0n) is 7.80. The molecule has 0 unspecified atom stereocenters. The highest BCUT2D eigenvalue weighted by Gasteiger charge is 2.13. The molecule has 5 heteroatoms. The Balaban J connectivity index is 3.02. The first kappa shape index (κ1) is 11.2. The van der Waals surface area contributed by atoms with Crippen molar-refractivity contribution in [2.45, 2.75) is 26.4 Å². The van der Waals surface area contributed by atoms with Crippen molar-refractivity contribution in [2.75, 3.05) is 0 Å². The average Bonchev–Trinajstić information content (AvgIpc) is 2.07. The lowest BCUT2D eigenvalue weighted by atomic mass is 10.0. The first-order chi connectivity index (χ1) is 6.50. The van der Waals surface area contributed by atoms with Gasteiger partial charge in [-0.05, 0) is 12.0 Å². The minimum Gasteiger partial charge on any atom is -0.433 e. The summed E-state index contributed by atoms with van der Waals surface area (Å²) < 4.78 is 28.3. The highest BCUT2D eigenvalue weighted by molar-refractivity contribution is 6.29. The van der Waals surface area contributed by atoms with Crippen LogP contribution in [0.4, 0.5) is 8.78 Å². The fourth-order valence-corrected chi connectivity index (χ4v) is 1.24. The maximum atomic E-state index is 12.0. The van der Waals surface area contributed by atoms with Crippen molar-refractivity contribution < 1.29 is 13.5 Å². The van der Waals surface area contributed by atoms with Crippen LogP contribution in [-0.2, 0) is 0 Å². The summed E-state index contributed by atoms with van der Waals surface area (Å²) in [5.74, 6) is 0.142. The number of halogens is 3. The largest absolute Gasteiger partial charge is 0.433 e. The van der Waals surface area contributed by atoms with Crippen molar-refractivity contribution in [3.05, 3.63) is 23.0 Å². The quantitative estimate of drug-likeness (QED) is 0.730. The van der Waals surface area contributed by atoms with Gasteiger partial charge in [-0.15, -0.1) is 0 Å². The van der Waals surface area contributed by atoms with E-state index in [0.717, 1.165) is 0 Å². The van der Waals surface area contributed by atoms with Crippen LogP contribution in [0.2, 0.25) is 5.15 Å². The van der Waals surface area contributed by atoms with Crippen LogP contribution >= 0.6 is 11.6 Å². The highest BCUT2D eigenvalue weighted by atomic mass is 35.5. The van der Waals surface area contributed by atoms with Crippen LogP contribution in [-0.4, -0.2) is 11.6 Å². The van der Waals surface area contributed by atoms with E-state index in [1.165, 1.54) is 12.3 Å². The van der Waals surface area contributed by atoms with E-state index in [4.69, 9.17) is 11.6 Å². The zero-order valence-corrected chi connectivity index (χ0v) is 8.55. The Bertz CT molecular complexity index is 318. The van der Waals surface area contributed by atoms with Crippen LogP contribution < -0.4 is 4.74 Å². The topological polar surface area (TPSA) is 22.1 Å². The lowest BCUT2D eigenvalue weighted by Gasteiger charge is -2.12. The average molecular weight is 222 g/mol. The SMILES string of the molecule is CC(C)c1cc(Cl)ncc1OC(F)F. The van der Waals surface area contributed by atoms with Gasteiger partial charge in [-0.25, -0.2) is 4.98 Å². The molecule has 0 radical (unpaired) electrons. The van der Waals surface area contributed by atoms with E-state index < -0.39 is 6.61 Å². The summed E-state index contributed by atoms with van der Waals surface area (Å²) in [4.78, 5) is 3.68. The van der Waals surface area contributed by atoms with E-state index in [9.17, 15) is 8.78 Å². The molecule has 0 saturated carbocycles. The molecule has 0 fully saturated rings. The van der Waals surface area contributed by atoms with Crippen molar-refractivity contribution >= 4 is 11.6 Å². The molecule has 0 bridgehead atoms. The number of nitrogens with zero attached hydrogens (tertiary/aromatic N) is 1. The van der Waals surface area contributed by atoms with Crippen molar-refractivity contribution in [1.29, 1.82) is 0 Å². The van der Waals surface area contributed by atoms with Gasteiger partial charge in [0, 0.05) is 5.56 Å². The summed E-state index contributed by atoms with van der Waals surface area (Å²) in [6.45, 7) is 0.893. The smallest absolute Gasteiger partial charge is 0.387 e. The monoisotopic (exact) mass is 221 g/mol. The molecule has 0 saturated heterocycles. The van der Waals surface area contributed by atoms with Gasteiger partial charge in [-0.3, -0.25) is 0 Å². The zero-order chi connectivity index (χ0) is 10.7. The molecule has 1 rings (SSSR count). The standard InChI is InChI=1S/C9H10ClF2NO/c1-5(2)6-3-8(10)13-4-7(6)14-9(11)12/h3-5,9H,1-2H3. The lowest BCUT2D eigenvalue weighted by Crippen LogP contribution is -2.05. The molecule has 1 heterocycles. The molecule has 0 aromatic carbocycles. The summed E-state index contributed by atoms with van der Waals surface area (Å²) in [5, 5.41) is 0.273. The number of hydrogen-bond acceptors (Lipinski definition) is 2. The van der Waals surface area contributed by atoms with Gasteiger partial charge in [0.2, 0.25) is 0 Å². The molecule has 14 heavy (non-hydrogen) atoms. The van der Waals surface area contributed by atoms with Crippen LogP contribution in [0.25, 0.3) is 0 Å². The van der Waals surface area contributed by atoms with Crippen molar-refractivity contribution in [2.24, 2.45) is 0 Å². The number of hydrogen-bond donors (Lipinski definition) is 0. The summed E-state index contributed by atoms with van der Waals surface area (Å²) >= 11 is 5.64. The van der Waals surface area contributed by atoms with E-state index in [2.05, 4.69) is 9.72 Å². The molecular weight excluding hydrogens is 212 g/mol. The number of aromatic nitrogens is 1. The Hall–Kier alpha value is -0.900. The Labute approximate surface area is 85.9 Å². The van der Waals surface area contributed by atoms with Gasteiger partial charge in [-0.1, -0.05) is 25.4 Å². The third-order valence-corrected chi connectivity index (χ3v) is 1.91. The third-order valence-electron chi connectivity index (χ3n) is 1.70. The lowest BCUT2D eigenvalue weighted by molar-refractivity contribution is -0.0507. The van der Waals surface area contributed by atoms with Crippen LogP contribution in [0.5, 0.6) is 5.75 Å². The van der Waals surface area contributed by atoms with Gasteiger partial charge in [0.15, 0.2) is 0 Å². The second-order valence-electron chi connectivity index (χ2n) is 3.08. The van der Waals surface area contributed by atoms with E-state index in [1.807, 2.05) is 13.8 Å². The minimum atomic E-state index is -2.84. The van der Waals surface area contributed by atoms with E-state index in [-0.39, 0.29) is 16.8 Å². The molecular formula is C9H10ClF2NO. The molecule has 1 aromatic heterocycles. The van der Waals surface area contributed by atoms with Gasteiger partial charge in [0.25, 0.3) is 0 Å². The van der Waals surface area contributed by atoms with Crippen molar-refractivity contribution in [1.82, 2.24) is 4.98 Å². The first-order valence-electron chi connectivity index (χ1n) is 4.11. The fraction of sp³-hybridized carbons (Fsp3) is 0.444. The molecule has 0 N–H and O–H groups in total. The second-order valence-corrected chi connectivity index (χ2v) is 3.47. The number of ether oxygens (including phenoxy) is 1. The van der Waals surface area contributed by atoms with Gasteiger partial charge in [0.05, 0.1) is 6.20 Å². The Morgan fingerprint density at radius 2 is 2.07 bits per heavy atom. The van der Waals surface area contributed by atoms with E-state index in [0.29, 0.717) is 5.56 Å². The molecule has 2 nitrogen and oxygen atoms in total. The van der Waals surface area contributed by atoms with Crippen molar-refractivity contribution in [3.63, 3.8) is 0 Å². The molecule has 0 aliphatic heterocycles. The maximum absolute atomic E-state index is 12.0. The molecule has 0 spiro atoms. The van der Waals surface area contributed by atoms with Gasteiger partial charge < -0.3 is 4.74 Å². The summed E-state index contributed by atoms with van der Waals surface area (Å²) in [6, 6.07) is 1.53. The number of rotatable bonds is 3. The highest BCUT2D eigenvalue weighted by Crippen LogP contribution is 2.28. The third kappa shape index (κ3) is 2.80. The van der Waals surface area contributed by atoms with E-state index >= 15 is 0 Å². The predicted molar refractivity (Wildman–Crippen MR) is 50.0 cm³/mol. The van der Waals surface area contributed by atoms with E-state index in [1.54, 1.807) is 0 Å². The summed E-state index contributed by atoms with van der Waals surface area (Å²) in [6.07, 6.45) is 1.21. The van der Waals surface area contributed by atoms with Crippen LogP contribution in [0.1, 0.15) is 25.3 Å². The second kappa shape index (κ2) is 4.55. The van der Waals surface area contributed by atoms with Gasteiger partial charge in [-0.2, -0.15) is 8.78 Å². The Morgan fingerprint density at radius 3 is 2.57 bits per heavy atom. The van der Waals surface area contributed by atoms with Crippen LogP contribution in [0, 0.1) is 0 Å². The molecule has 78 valence electrons. The normalized spacial score (nSPS) is 11.1. The van der Waals surface area contributed by atoms with Gasteiger partial charge >= 0.3 is 6.61 Å². The number of pyridine rings is 1. The van der Waals surface area contributed by atoms with Crippen LogP contribution in [0.3, 0.4) is 0 Å². The minimum absolute atomic E-state index is 0.0595. The molecule has 0 amide bonds. The van der Waals surface area contributed by atoms with Gasteiger partial charge in [0.1, 0.15) is 10.9 Å².